The van der Waals surface area contributed by atoms with Gasteiger partial charge in [-0.25, -0.2) is 4.79 Å². The van der Waals surface area contributed by atoms with Crippen LogP contribution in [0.4, 0.5) is 5.69 Å². The minimum absolute atomic E-state index is 0.180. The van der Waals surface area contributed by atoms with Crippen molar-refractivity contribution in [2.24, 2.45) is 0 Å². The predicted molar refractivity (Wildman–Crippen MR) is 108 cm³/mol. The van der Waals surface area contributed by atoms with E-state index >= 15 is 0 Å². The molecule has 2 aliphatic rings. The first-order valence-corrected chi connectivity index (χ1v) is 9.64. The number of nitrogens with zero attached hydrogens (tertiary/aromatic N) is 1. The van der Waals surface area contributed by atoms with Gasteiger partial charge in [-0.15, -0.1) is 0 Å². The maximum Gasteiger partial charge on any atom is 0.337 e. The molecule has 2 aromatic rings. The van der Waals surface area contributed by atoms with Gasteiger partial charge in [0.25, 0.3) is 11.8 Å². The summed E-state index contributed by atoms with van der Waals surface area (Å²) in [6.45, 7) is 0.247. The molecule has 31 heavy (non-hydrogen) atoms. The zero-order chi connectivity index (χ0) is 22.1. The fraction of sp³-hybridized carbons (Fsp3) is 0.227. The van der Waals surface area contributed by atoms with Crippen molar-refractivity contribution in [3.63, 3.8) is 0 Å². The van der Waals surface area contributed by atoms with Crippen molar-refractivity contribution in [2.45, 2.75) is 25.4 Å². The van der Waals surface area contributed by atoms with E-state index in [0.717, 1.165) is 0 Å². The Hall–Kier alpha value is -4.01. The number of imide groups is 1. The molecule has 1 saturated heterocycles. The van der Waals surface area contributed by atoms with Crippen molar-refractivity contribution in [3.8, 4) is 0 Å². The fourth-order valence-corrected chi connectivity index (χ4v) is 3.71. The molecule has 1 atom stereocenters. The van der Waals surface area contributed by atoms with Gasteiger partial charge in [0.15, 0.2) is 0 Å². The van der Waals surface area contributed by atoms with E-state index in [-0.39, 0.29) is 36.8 Å². The summed E-state index contributed by atoms with van der Waals surface area (Å²) in [6, 6.07) is 10.3. The first-order chi connectivity index (χ1) is 14.9. The molecule has 0 bridgehead atoms. The summed E-state index contributed by atoms with van der Waals surface area (Å²) in [5, 5.41) is 4.98. The van der Waals surface area contributed by atoms with Gasteiger partial charge in [0.1, 0.15) is 6.04 Å². The number of ether oxygens (including phenoxy) is 1. The third-order valence-corrected chi connectivity index (χ3v) is 5.35. The maximum atomic E-state index is 12.9. The van der Waals surface area contributed by atoms with Gasteiger partial charge in [-0.3, -0.25) is 24.5 Å². The Labute approximate surface area is 177 Å². The Morgan fingerprint density at radius 2 is 1.77 bits per heavy atom. The van der Waals surface area contributed by atoms with E-state index in [4.69, 9.17) is 0 Å². The SMILES string of the molecule is COC(=O)c1ccc(NC(=O)c2ccc3c(c2)C(=O)N(C2CCC(=O)NC2=O)C3)cc1. The van der Waals surface area contributed by atoms with Crippen molar-refractivity contribution in [3.05, 3.63) is 64.7 Å². The van der Waals surface area contributed by atoms with Crippen LogP contribution in [0.15, 0.2) is 42.5 Å². The van der Waals surface area contributed by atoms with Crippen LogP contribution < -0.4 is 10.6 Å². The van der Waals surface area contributed by atoms with E-state index < -0.39 is 23.8 Å². The van der Waals surface area contributed by atoms with Gasteiger partial charge in [0.05, 0.1) is 12.7 Å². The van der Waals surface area contributed by atoms with Crippen molar-refractivity contribution in [1.29, 1.82) is 0 Å². The number of carbonyl (C=O) groups is 5. The molecule has 0 radical (unpaired) electrons. The molecule has 2 N–H and O–H groups in total. The summed E-state index contributed by atoms with van der Waals surface area (Å²) in [6.07, 6.45) is 0.457. The van der Waals surface area contributed by atoms with E-state index in [1.165, 1.54) is 30.2 Å². The first-order valence-electron chi connectivity index (χ1n) is 9.64. The van der Waals surface area contributed by atoms with Crippen LogP contribution >= 0.6 is 0 Å². The van der Waals surface area contributed by atoms with Gasteiger partial charge >= 0.3 is 5.97 Å². The number of anilines is 1. The summed E-state index contributed by atoms with van der Waals surface area (Å²) in [4.78, 5) is 61.9. The zero-order valence-corrected chi connectivity index (χ0v) is 16.6. The highest BCUT2D eigenvalue weighted by Gasteiger charge is 2.39. The number of methoxy groups -OCH3 is 1. The topological polar surface area (TPSA) is 122 Å². The molecule has 4 rings (SSSR count). The van der Waals surface area contributed by atoms with Crippen LogP contribution in [-0.4, -0.2) is 47.6 Å². The first kappa shape index (κ1) is 20.3. The van der Waals surface area contributed by atoms with Crippen molar-refractivity contribution in [1.82, 2.24) is 10.2 Å². The van der Waals surface area contributed by atoms with Crippen molar-refractivity contribution >= 4 is 35.3 Å². The molecule has 9 nitrogen and oxygen atoms in total. The van der Waals surface area contributed by atoms with Crippen LogP contribution in [0.2, 0.25) is 0 Å². The number of fused-ring (bicyclic) bond motifs is 1. The normalized spacial score (nSPS) is 17.8. The van der Waals surface area contributed by atoms with E-state index in [2.05, 4.69) is 15.4 Å². The molecular formula is C22H19N3O6. The molecule has 0 aromatic heterocycles. The minimum Gasteiger partial charge on any atom is -0.465 e. The number of carbonyl (C=O) groups excluding carboxylic acids is 5. The number of hydrogen-bond acceptors (Lipinski definition) is 6. The van der Waals surface area contributed by atoms with E-state index in [9.17, 15) is 24.0 Å². The predicted octanol–water partition coefficient (Wildman–Crippen LogP) is 1.49. The van der Waals surface area contributed by atoms with Crippen LogP contribution in [0.3, 0.4) is 0 Å². The molecule has 4 amide bonds. The summed E-state index contributed by atoms with van der Waals surface area (Å²) in [5.74, 6) is -2.06. The number of rotatable bonds is 4. The second-order valence-corrected chi connectivity index (χ2v) is 7.29. The van der Waals surface area contributed by atoms with E-state index in [1.54, 1.807) is 24.3 Å². The Bertz CT molecular complexity index is 1110. The Balaban J connectivity index is 1.48. The van der Waals surface area contributed by atoms with Crippen LogP contribution in [0.1, 0.15) is 49.5 Å². The Morgan fingerprint density at radius 1 is 1.06 bits per heavy atom. The fourth-order valence-electron chi connectivity index (χ4n) is 3.71. The summed E-state index contributed by atoms with van der Waals surface area (Å²) in [5.41, 5.74) is 2.20. The van der Waals surface area contributed by atoms with Gasteiger partial charge < -0.3 is 15.0 Å². The number of nitrogens with one attached hydrogen (secondary N) is 2. The van der Waals surface area contributed by atoms with Crippen LogP contribution in [0.25, 0.3) is 0 Å². The lowest BCUT2D eigenvalue weighted by molar-refractivity contribution is -0.136. The smallest absolute Gasteiger partial charge is 0.337 e. The van der Waals surface area contributed by atoms with Crippen LogP contribution in [0.5, 0.6) is 0 Å². The minimum atomic E-state index is -0.705. The molecular weight excluding hydrogens is 402 g/mol. The molecule has 2 aliphatic heterocycles. The number of piperidine rings is 1. The molecule has 1 unspecified atom stereocenters. The second-order valence-electron chi connectivity index (χ2n) is 7.29. The lowest BCUT2D eigenvalue weighted by Gasteiger charge is -2.29. The molecule has 0 spiro atoms. The molecule has 9 heteroatoms. The van der Waals surface area contributed by atoms with E-state index in [0.29, 0.717) is 22.4 Å². The second kappa shape index (κ2) is 8.02. The lowest BCUT2D eigenvalue weighted by atomic mass is 10.0. The van der Waals surface area contributed by atoms with Crippen LogP contribution in [0, 0.1) is 0 Å². The monoisotopic (exact) mass is 421 g/mol. The molecule has 2 heterocycles. The average Bonchev–Trinajstić information content (AvgIpc) is 3.09. The standard InChI is InChI=1S/C22H19N3O6/c1-31-22(30)12-4-6-15(7-5-12)23-19(27)13-2-3-14-11-25(21(29)16(14)10-13)17-8-9-18(26)24-20(17)28/h2-7,10,17H,8-9,11H2,1H3,(H,23,27)(H,24,26,28). The van der Waals surface area contributed by atoms with Gasteiger partial charge in [0.2, 0.25) is 11.8 Å². The number of amides is 4. The Kier molecular flexibility index (Phi) is 5.24. The highest BCUT2D eigenvalue weighted by molar-refractivity contribution is 6.09. The number of benzene rings is 2. The highest BCUT2D eigenvalue weighted by atomic mass is 16.5. The van der Waals surface area contributed by atoms with Gasteiger partial charge in [0, 0.05) is 29.8 Å². The largest absolute Gasteiger partial charge is 0.465 e. The Morgan fingerprint density at radius 3 is 2.45 bits per heavy atom. The molecule has 1 fully saturated rings. The molecule has 2 aromatic carbocycles. The summed E-state index contributed by atoms with van der Waals surface area (Å²) in [7, 11) is 1.29. The highest BCUT2D eigenvalue weighted by Crippen LogP contribution is 2.28. The number of hydrogen-bond donors (Lipinski definition) is 2. The molecule has 0 aliphatic carbocycles. The molecule has 158 valence electrons. The quantitative estimate of drug-likeness (QED) is 0.570. The van der Waals surface area contributed by atoms with Crippen molar-refractivity contribution < 1.29 is 28.7 Å². The lowest BCUT2D eigenvalue weighted by Crippen LogP contribution is -2.52. The zero-order valence-electron chi connectivity index (χ0n) is 16.6. The van der Waals surface area contributed by atoms with Gasteiger partial charge in [-0.1, -0.05) is 6.07 Å². The third kappa shape index (κ3) is 3.89. The molecule has 0 saturated carbocycles. The maximum absolute atomic E-state index is 12.9. The number of esters is 1. The average molecular weight is 421 g/mol. The third-order valence-electron chi connectivity index (χ3n) is 5.35. The van der Waals surface area contributed by atoms with Crippen LogP contribution in [-0.2, 0) is 20.9 Å². The summed E-state index contributed by atoms with van der Waals surface area (Å²) < 4.78 is 4.64. The van der Waals surface area contributed by atoms with E-state index in [1.807, 2.05) is 0 Å². The van der Waals surface area contributed by atoms with Crippen molar-refractivity contribution in [2.75, 3.05) is 12.4 Å². The summed E-state index contributed by atoms with van der Waals surface area (Å²) >= 11 is 0. The van der Waals surface area contributed by atoms with Gasteiger partial charge in [-0.2, -0.15) is 0 Å². The van der Waals surface area contributed by atoms with Gasteiger partial charge in [-0.05, 0) is 48.4 Å².